The van der Waals surface area contributed by atoms with E-state index in [4.69, 9.17) is 33.7 Å². The summed E-state index contributed by atoms with van der Waals surface area (Å²) in [5.41, 5.74) is 6.94. The Morgan fingerprint density at radius 2 is 1.90 bits per heavy atom. The van der Waals surface area contributed by atoms with Crippen LogP contribution in [-0.2, 0) is 6.42 Å². The summed E-state index contributed by atoms with van der Waals surface area (Å²) in [4.78, 5) is 0. The molecule has 1 unspecified atom stereocenters. The van der Waals surface area contributed by atoms with E-state index in [0.29, 0.717) is 21.5 Å². The zero-order valence-corrected chi connectivity index (χ0v) is 14.0. The van der Waals surface area contributed by atoms with Crippen LogP contribution < -0.4 is 10.5 Å². The van der Waals surface area contributed by atoms with E-state index in [1.54, 1.807) is 18.2 Å². The van der Waals surface area contributed by atoms with Crippen LogP contribution in [0, 0.1) is 0 Å². The fourth-order valence-corrected chi connectivity index (χ4v) is 2.63. The second-order valence-electron chi connectivity index (χ2n) is 4.62. The molecular weight excluding hydrogens is 361 g/mol. The molecule has 0 aliphatic carbocycles. The predicted molar refractivity (Wildman–Crippen MR) is 88.0 cm³/mol. The fourth-order valence-electron chi connectivity index (χ4n) is 1.80. The van der Waals surface area contributed by atoms with Crippen molar-refractivity contribution in [2.24, 2.45) is 5.73 Å². The van der Waals surface area contributed by atoms with E-state index in [0.717, 1.165) is 16.5 Å². The molecule has 2 aromatic rings. The molecule has 0 radical (unpaired) electrons. The highest BCUT2D eigenvalue weighted by Gasteiger charge is 2.08. The van der Waals surface area contributed by atoms with Crippen LogP contribution >= 0.6 is 39.1 Å². The maximum Gasteiger partial charge on any atom is 0.147 e. The number of halogens is 3. The third kappa shape index (κ3) is 4.13. The molecule has 2 aromatic carbocycles. The van der Waals surface area contributed by atoms with Gasteiger partial charge in [0.05, 0.1) is 9.50 Å². The number of hydrogen-bond acceptors (Lipinski definition) is 2. The summed E-state index contributed by atoms with van der Waals surface area (Å²) in [6.07, 6.45) is 0.816. The second kappa shape index (κ2) is 6.81. The van der Waals surface area contributed by atoms with Crippen LogP contribution in [0.3, 0.4) is 0 Å². The van der Waals surface area contributed by atoms with Crippen LogP contribution in [0.15, 0.2) is 40.9 Å². The van der Waals surface area contributed by atoms with E-state index in [2.05, 4.69) is 15.9 Å². The van der Waals surface area contributed by atoms with Crippen molar-refractivity contribution < 1.29 is 4.74 Å². The van der Waals surface area contributed by atoms with Gasteiger partial charge < -0.3 is 10.5 Å². The van der Waals surface area contributed by atoms with Crippen LogP contribution in [-0.4, -0.2) is 6.04 Å². The van der Waals surface area contributed by atoms with Gasteiger partial charge >= 0.3 is 0 Å². The quantitative estimate of drug-likeness (QED) is 0.773. The van der Waals surface area contributed by atoms with E-state index in [1.165, 1.54) is 0 Å². The second-order valence-corrected chi connectivity index (χ2v) is 6.32. The highest BCUT2D eigenvalue weighted by molar-refractivity contribution is 9.10. The molecule has 0 heterocycles. The van der Waals surface area contributed by atoms with Crippen LogP contribution in [0.2, 0.25) is 10.0 Å². The first-order valence-electron chi connectivity index (χ1n) is 6.12. The standard InChI is InChI=1S/C15H14BrCl2NO/c1-9(19)6-10-2-5-14(12(16)7-10)20-15-8-11(17)3-4-13(15)18/h2-5,7-9H,6,19H2,1H3. The summed E-state index contributed by atoms with van der Waals surface area (Å²) in [6, 6.07) is 11.1. The normalized spacial score (nSPS) is 12.2. The molecule has 2 N–H and O–H groups in total. The molecule has 0 fully saturated rings. The molecule has 0 spiro atoms. The third-order valence-corrected chi connectivity index (χ3v) is 3.83. The number of benzene rings is 2. The minimum absolute atomic E-state index is 0.121. The molecule has 0 aliphatic heterocycles. The van der Waals surface area contributed by atoms with Gasteiger partial charge in [0.25, 0.3) is 0 Å². The van der Waals surface area contributed by atoms with E-state index in [1.807, 2.05) is 25.1 Å². The van der Waals surface area contributed by atoms with Crippen molar-refractivity contribution in [2.45, 2.75) is 19.4 Å². The first-order chi connectivity index (χ1) is 9.45. The number of nitrogens with two attached hydrogens (primary N) is 1. The molecule has 0 saturated heterocycles. The molecule has 0 aromatic heterocycles. The average molecular weight is 375 g/mol. The molecular formula is C15H14BrCl2NO. The summed E-state index contributed by atoms with van der Waals surface area (Å²) in [5, 5.41) is 1.09. The topological polar surface area (TPSA) is 35.2 Å². The van der Waals surface area contributed by atoms with Crippen molar-refractivity contribution in [3.05, 3.63) is 56.5 Å². The minimum atomic E-state index is 0.121. The van der Waals surface area contributed by atoms with Crippen molar-refractivity contribution in [1.82, 2.24) is 0 Å². The van der Waals surface area contributed by atoms with E-state index >= 15 is 0 Å². The Morgan fingerprint density at radius 1 is 1.15 bits per heavy atom. The lowest BCUT2D eigenvalue weighted by Crippen LogP contribution is -2.17. The van der Waals surface area contributed by atoms with E-state index in [9.17, 15) is 0 Å². The van der Waals surface area contributed by atoms with Crippen LogP contribution in [0.5, 0.6) is 11.5 Å². The highest BCUT2D eigenvalue weighted by atomic mass is 79.9. The zero-order chi connectivity index (χ0) is 14.7. The molecule has 5 heteroatoms. The largest absolute Gasteiger partial charge is 0.455 e. The van der Waals surface area contributed by atoms with Crippen molar-refractivity contribution in [3.8, 4) is 11.5 Å². The molecule has 0 saturated carbocycles. The smallest absolute Gasteiger partial charge is 0.147 e. The summed E-state index contributed by atoms with van der Waals surface area (Å²) >= 11 is 15.5. The van der Waals surface area contributed by atoms with Gasteiger partial charge in [-0.05, 0) is 59.1 Å². The van der Waals surface area contributed by atoms with Gasteiger partial charge in [-0.25, -0.2) is 0 Å². The first-order valence-corrected chi connectivity index (χ1v) is 7.67. The summed E-state index contributed by atoms with van der Waals surface area (Å²) in [5.74, 6) is 1.21. The van der Waals surface area contributed by atoms with Crippen molar-refractivity contribution in [1.29, 1.82) is 0 Å². The van der Waals surface area contributed by atoms with Gasteiger partial charge in [-0.3, -0.25) is 0 Å². The SMILES string of the molecule is CC(N)Cc1ccc(Oc2cc(Cl)ccc2Cl)c(Br)c1. The Morgan fingerprint density at radius 3 is 2.55 bits per heavy atom. The van der Waals surface area contributed by atoms with Crippen molar-refractivity contribution in [2.75, 3.05) is 0 Å². The van der Waals surface area contributed by atoms with Gasteiger partial charge in [-0.2, -0.15) is 0 Å². The number of ether oxygens (including phenoxy) is 1. The molecule has 20 heavy (non-hydrogen) atoms. The Hall–Kier alpha value is -0.740. The Balaban J connectivity index is 2.23. The van der Waals surface area contributed by atoms with Crippen LogP contribution in [0.4, 0.5) is 0 Å². The van der Waals surface area contributed by atoms with Gasteiger partial charge in [0.1, 0.15) is 11.5 Å². The molecule has 0 bridgehead atoms. The first kappa shape index (κ1) is 15.6. The van der Waals surface area contributed by atoms with Crippen molar-refractivity contribution in [3.63, 3.8) is 0 Å². The van der Waals surface area contributed by atoms with Gasteiger partial charge in [-0.1, -0.05) is 29.3 Å². The zero-order valence-electron chi connectivity index (χ0n) is 10.9. The Labute approximate surface area is 137 Å². The minimum Gasteiger partial charge on any atom is -0.455 e. The lowest BCUT2D eigenvalue weighted by molar-refractivity contribution is 0.479. The molecule has 106 valence electrons. The van der Waals surface area contributed by atoms with Gasteiger partial charge in [-0.15, -0.1) is 0 Å². The summed E-state index contributed by atoms with van der Waals surface area (Å²) in [7, 11) is 0. The highest BCUT2D eigenvalue weighted by Crippen LogP contribution is 2.35. The van der Waals surface area contributed by atoms with E-state index in [-0.39, 0.29) is 6.04 Å². The van der Waals surface area contributed by atoms with Gasteiger partial charge in [0, 0.05) is 17.1 Å². The van der Waals surface area contributed by atoms with Crippen molar-refractivity contribution >= 4 is 39.1 Å². The summed E-state index contributed by atoms with van der Waals surface area (Å²) in [6.45, 7) is 1.98. The molecule has 0 amide bonds. The Bertz CT molecular complexity index is 617. The molecule has 2 rings (SSSR count). The summed E-state index contributed by atoms with van der Waals surface area (Å²) < 4.78 is 6.64. The fraction of sp³-hybridized carbons (Fsp3) is 0.200. The lowest BCUT2D eigenvalue weighted by Gasteiger charge is -2.12. The Kier molecular flexibility index (Phi) is 5.33. The van der Waals surface area contributed by atoms with Gasteiger partial charge in [0.15, 0.2) is 0 Å². The van der Waals surface area contributed by atoms with Crippen LogP contribution in [0.1, 0.15) is 12.5 Å². The average Bonchev–Trinajstić information content (AvgIpc) is 2.36. The lowest BCUT2D eigenvalue weighted by atomic mass is 10.1. The number of rotatable bonds is 4. The molecule has 1 atom stereocenters. The number of hydrogen-bond donors (Lipinski definition) is 1. The van der Waals surface area contributed by atoms with Crippen LogP contribution in [0.25, 0.3) is 0 Å². The third-order valence-electron chi connectivity index (χ3n) is 2.67. The molecule has 2 nitrogen and oxygen atoms in total. The predicted octanol–water partition coefficient (Wildman–Crippen LogP) is 5.44. The van der Waals surface area contributed by atoms with E-state index < -0.39 is 0 Å². The maximum absolute atomic E-state index is 6.08. The monoisotopic (exact) mass is 373 g/mol. The van der Waals surface area contributed by atoms with Gasteiger partial charge in [0.2, 0.25) is 0 Å². The molecule has 0 aliphatic rings. The maximum atomic E-state index is 6.08.